The maximum absolute atomic E-state index is 12.5. The summed E-state index contributed by atoms with van der Waals surface area (Å²) in [6.07, 6.45) is 1.02. The number of anilines is 1. The van der Waals surface area contributed by atoms with Crippen LogP contribution in [0.2, 0.25) is 0 Å². The molecule has 1 fully saturated rings. The summed E-state index contributed by atoms with van der Waals surface area (Å²) in [5.41, 5.74) is 0.806. The molecular weight excluding hydrogens is 394 g/mol. The minimum Gasteiger partial charge on any atom is -0.348 e. The molecule has 1 aromatic carbocycles. The van der Waals surface area contributed by atoms with Crippen LogP contribution in [0.15, 0.2) is 46.0 Å². The van der Waals surface area contributed by atoms with Crippen LogP contribution in [0.1, 0.15) is 23.7 Å². The van der Waals surface area contributed by atoms with E-state index in [4.69, 9.17) is 0 Å². The fourth-order valence-electron chi connectivity index (χ4n) is 2.78. The minimum atomic E-state index is -3.62. The predicted molar refractivity (Wildman–Crippen MR) is 107 cm³/mol. The van der Waals surface area contributed by atoms with Gasteiger partial charge in [-0.05, 0) is 48.5 Å². The fourth-order valence-corrected chi connectivity index (χ4v) is 4.82. The lowest BCUT2D eigenvalue weighted by molar-refractivity contribution is 0.0915. The van der Waals surface area contributed by atoms with E-state index in [2.05, 4.69) is 22.3 Å². The Morgan fingerprint density at radius 2 is 2.08 bits per heavy atom. The van der Waals surface area contributed by atoms with Crippen LogP contribution in [0.5, 0.6) is 0 Å². The van der Waals surface area contributed by atoms with E-state index in [1.165, 1.54) is 0 Å². The summed E-state index contributed by atoms with van der Waals surface area (Å²) in [7, 11) is -3.62. The zero-order valence-electron chi connectivity index (χ0n) is 14.3. The Kier molecular flexibility index (Phi) is 7.05. The van der Waals surface area contributed by atoms with Gasteiger partial charge in [0.1, 0.15) is 4.21 Å². The smallest absolute Gasteiger partial charge is 0.271 e. The molecule has 26 heavy (non-hydrogen) atoms. The number of carbonyl (C=O) groups is 1. The first-order valence-corrected chi connectivity index (χ1v) is 10.5. The summed E-state index contributed by atoms with van der Waals surface area (Å²) < 4.78 is 27.3. The Balaban J connectivity index is 0.00000243. The third-order valence-corrected chi connectivity index (χ3v) is 7.06. The van der Waals surface area contributed by atoms with E-state index in [1.807, 2.05) is 0 Å². The molecular formula is C17H22ClN3O3S2. The summed E-state index contributed by atoms with van der Waals surface area (Å²) in [5.74, 6) is 0.212. The molecule has 3 rings (SSSR count). The normalized spacial score (nSPS) is 20.0. The zero-order valence-corrected chi connectivity index (χ0v) is 16.7. The van der Waals surface area contributed by atoms with E-state index in [-0.39, 0.29) is 28.6 Å². The summed E-state index contributed by atoms with van der Waals surface area (Å²) in [4.78, 5) is 12.5. The largest absolute Gasteiger partial charge is 0.348 e. The van der Waals surface area contributed by atoms with Crippen molar-refractivity contribution in [1.82, 2.24) is 10.6 Å². The lowest BCUT2D eigenvalue weighted by atomic mass is 9.94. The van der Waals surface area contributed by atoms with Crippen molar-refractivity contribution in [1.29, 1.82) is 0 Å². The second-order valence-corrected chi connectivity index (χ2v) is 9.03. The molecule has 142 valence electrons. The summed E-state index contributed by atoms with van der Waals surface area (Å²) in [6, 6.07) is 9.84. The van der Waals surface area contributed by atoms with Crippen molar-refractivity contribution in [3.8, 4) is 0 Å². The maximum Gasteiger partial charge on any atom is 0.271 e. The number of sulfonamides is 1. The highest BCUT2D eigenvalue weighted by atomic mass is 35.5. The second kappa shape index (κ2) is 8.85. The Morgan fingerprint density at radius 3 is 2.77 bits per heavy atom. The van der Waals surface area contributed by atoms with Crippen molar-refractivity contribution in [2.45, 2.75) is 23.6 Å². The summed E-state index contributed by atoms with van der Waals surface area (Å²) in [5, 5.41) is 8.01. The van der Waals surface area contributed by atoms with Gasteiger partial charge in [0.25, 0.3) is 15.9 Å². The molecule has 0 saturated carbocycles. The Hall–Kier alpha value is -1.61. The molecule has 2 heterocycles. The van der Waals surface area contributed by atoms with Crippen molar-refractivity contribution in [3.63, 3.8) is 0 Å². The van der Waals surface area contributed by atoms with Gasteiger partial charge in [0.05, 0.1) is 0 Å². The standard InChI is InChI=1S/C17H21N3O3S2.ClH/c1-12-7-8-18-11-15(12)19-17(21)13-4-2-5-14(10-13)20-25(22,23)16-6-3-9-24-16;/h2-6,9-10,12,15,18,20H,7-8,11H2,1H3,(H,19,21);1H. The highest BCUT2D eigenvalue weighted by molar-refractivity contribution is 7.94. The van der Waals surface area contributed by atoms with Crippen LogP contribution in [0.25, 0.3) is 0 Å². The average molecular weight is 416 g/mol. The first-order valence-electron chi connectivity index (χ1n) is 8.14. The van der Waals surface area contributed by atoms with Gasteiger partial charge in [-0.2, -0.15) is 0 Å². The van der Waals surface area contributed by atoms with Crippen molar-refractivity contribution in [2.75, 3.05) is 17.8 Å². The van der Waals surface area contributed by atoms with Crippen LogP contribution in [0, 0.1) is 5.92 Å². The van der Waals surface area contributed by atoms with Crippen molar-refractivity contribution in [3.05, 3.63) is 47.3 Å². The molecule has 0 spiro atoms. The van der Waals surface area contributed by atoms with Gasteiger partial charge in [-0.3, -0.25) is 9.52 Å². The van der Waals surface area contributed by atoms with E-state index in [0.717, 1.165) is 30.8 Å². The van der Waals surface area contributed by atoms with Gasteiger partial charge >= 0.3 is 0 Å². The van der Waals surface area contributed by atoms with Gasteiger partial charge in [0, 0.05) is 23.8 Å². The molecule has 1 aliphatic rings. The van der Waals surface area contributed by atoms with E-state index >= 15 is 0 Å². The van der Waals surface area contributed by atoms with Crippen LogP contribution in [-0.4, -0.2) is 33.5 Å². The second-order valence-electron chi connectivity index (χ2n) is 6.17. The summed E-state index contributed by atoms with van der Waals surface area (Å²) in [6.45, 7) is 3.84. The predicted octanol–water partition coefficient (Wildman–Crippen LogP) is 2.70. The number of amides is 1. The first-order chi connectivity index (χ1) is 12.0. The van der Waals surface area contributed by atoms with Gasteiger partial charge in [-0.25, -0.2) is 8.42 Å². The van der Waals surface area contributed by atoms with Crippen LogP contribution in [0.3, 0.4) is 0 Å². The lowest BCUT2D eigenvalue weighted by Crippen LogP contribution is -2.50. The number of carbonyl (C=O) groups excluding carboxylic acids is 1. The molecule has 6 nitrogen and oxygen atoms in total. The van der Waals surface area contributed by atoms with E-state index in [9.17, 15) is 13.2 Å². The minimum absolute atomic E-state index is 0. The molecule has 1 amide bonds. The van der Waals surface area contributed by atoms with Crippen molar-refractivity contribution in [2.24, 2.45) is 5.92 Å². The number of hydrogen-bond donors (Lipinski definition) is 3. The van der Waals surface area contributed by atoms with Crippen LogP contribution < -0.4 is 15.4 Å². The Bertz CT molecular complexity index is 841. The quantitative estimate of drug-likeness (QED) is 0.700. The molecule has 0 radical (unpaired) electrons. The van der Waals surface area contributed by atoms with Gasteiger partial charge in [-0.1, -0.05) is 19.1 Å². The zero-order chi connectivity index (χ0) is 17.9. The monoisotopic (exact) mass is 415 g/mol. The van der Waals surface area contributed by atoms with Crippen LogP contribution >= 0.6 is 23.7 Å². The number of hydrogen-bond acceptors (Lipinski definition) is 5. The first kappa shape index (κ1) is 20.7. The lowest BCUT2D eigenvalue weighted by Gasteiger charge is -2.30. The van der Waals surface area contributed by atoms with E-state index < -0.39 is 10.0 Å². The van der Waals surface area contributed by atoms with Crippen LogP contribution in [-0.2, 0) is 10.0 Å². The Labute approximate surface area is 163 Å². The number of thiophene rings is 1. The molecule has 0 aliphatic carbocycles. The molecule has 1 saturated heterocycles. The number of benzene rings is 1. The molecule has 1 aromatic heterocycles. The van der Waals surface area contributed by atoms with E-state index in [0.29, 0.717) is 17.2 Å². The van der Waals surface area contributed by atoms with Crippen molar-refractivity contribution < 1.29 is 13.2 Å². The SMILES string of the molecule is CC1CCNCC1NC(=O)c1cccc(NS(=O)(=O)c2cccs2)c1.Cl. The molecule has 2 aromatic rings. The molecule has 2 atom stereocenters. The molecule has 9 heteroatoms. The topological polar surface area (TPSA) is 87.3 Å². The van der Waals surface area contributed by atoms with E-state index in [1.54, 1.807) is 41.8 Å². The fraction of sp³-hybridized carbons (Fsp3) is 0.353. The van der Waals surface area contributed by atoms with Crippen molar-refractivity contribution >= 4 is 45.4 Å². The molecule has 1 aliphatic heterocycles. The summed E-state index contributed by atoms with van der Waals surface area (Å²) >= 11 is 1.15. The Morgan fingerprint density at radius 1 is 1.27 bits per heavy atom. The van der Waals surface area contributed by atoms with Gasteiger partial charge in [0.2, 0.25) is 0 Å². The van der Waals surface area contributed by atoms with Gasteiger partial charge < -0.3 is 10.6 Å². The van der Waals surface area contributed by atoms with Gasteiger partial charge in [-0.15, -0.1) is 23.7 Å². The maximum atomic E-state index is 12.5. The third-order valence-electron chi connectivity index (χ3n) is 4.28. The van der Waals surface area contributed by atoms with Crippen LogP contribution in [0.4, 0.5) is 5.69 Å². The molecule has 2 unspecified atom stereocenters. The highest BCUT2D eigenvalue weighted by Gasteiger charge is 2.23. The average Bonchev–Trinajstić information content (AvgIpc) is 3.12. The number of rotatable bonds is 5. The number of piperidine rings is 1. The van der Waals surface area contributed by atoms with Gasteiger partial charge in [0.15, 0.2) is 0 Å². The highest BCUT2D eigenvalue weighted by Crippen LogP contribution is 2.21. The number of halogens is 1. The third kappa shape index (κ3) is 4.97. The molecule has 0 bridgehead atoms. The molecule has 3 N–H and O–H groups in total. The number of nitrogens with one attached hydrogen (secondary N) is 3.